The number of nitrogens with zero attached hydrogens (tertiary/aromatic N) is 3. The molecule has 0 radical (unpaired) electrons. The third-order valence-electron chi connectivity index (χ3n) is 5.34. The van der Waals surface area contributed by atoms with Crippen molar-refractivity contribution in [3.05, 3.63) is 59.9 Å². The fraction of sp³-hybridized carbons (Fsp3) is 0.286. The molecule has 1 aliphatic heterocycles. The molecular formula is C21H20N3O3-. The van der Waals surface area contributed by atoms with E-state index >= 15 is 0 Å². The Balaban J connectivity index is 1.62. The van der Waals surface area contributed by atoms with E-state index in [1.165, 1.54) is 17.7 Å². The summed E-state index contributed by atoms with van der Waals surface area (Å²) < 4.78 is 1.96. The number of carboxylic acid groups (broad SMARTS) is 1. The van der Waals surface area contributed by atoms with Crippen LogP contribution in [0.1, 0.15) is 41.6 Å². The van der Waals surface area contributed by atoms with Gasteiger partial charge in [0.2, 0.25) is 5.91 Å². The number of fused-ring (bicyclic) bond motifs is 1. The molecule has 0 saturated carbocycles. The number of carbonyl (C=O) groups excluding carboxylic acids is 2. The average molecular weight is 362 g/mol. The van der Waals surface area contributed by atoms with Gasteiger partial charge in [-0.15, -0.1) is 0 Å². The lowest BCUT2D eigenvalue weighted by molar-refractivity contribution is -0.255. The van der Waals surface area contributed by atoms with Crippen LogP contribution >= 0.6 is 0 Å². The van der Waals surface area contributed by atoms with Gasteiger partial charge >= 0.3 is 0 Å². The van der Waals surface area contributed by atoms with Gasteiger partial charge < -0.3 is 14.8 Å². The summed E-state index contributed by atoms with van der Waals surface area (Å²) in [6.07, 6.45) is 3.63. The van der Waals surface area contributed by atoms with Crippen LogP contribution in [0.25, 0.3) is 16.7 Å². The Morgan fingerprint density at radius 3 is 2.59 bits per heavy atom. The highest BCUT2D eigenvalue weighted by Gasteiger charge is 2.22. The van der Waals surface area contributed by atoms with E-state index in [9.17, 15) is 14.7 Å². The molecule has 2 aromatic carbocycles. The van der Waals surface area contributed by atoms with Gasteiger partial charge in [-0.1, -0.05) is 18.2 Å². The van der Waals surface area contributed by atoms with Gasteiger partial charge in [0.1, 0.15) is 6.33 Å². The highest BCUT2D eigenvalue weighted by Crippen LogP contribution is 2.30. The Morgan fingerprint density at radius 1 is 1.11 bits per heavy atom. The summed E-state index contributed by atoms with van der Waals surface area (Å²) in [7, 11) is 0. The molecule has 6 nitrogen and oxygen atoms in total. The molecule has 0 spiro atoms. The maximum Gasteiger partial charge on any atom is 0.219 e. The monoisotopic (exact) mass is 362 g/mol. The van der Waals surface area contributed by atoms with Crippen LogP contribution in [-0.4, -0.2) is 39.4 Å². The molecule has 138 valence electrons. The Kier molecular flexibility index (Phi) is 4.39. The molecule has 27 heavy (non-hydrogen) atoms. The first-order valence-corrected chi connectivity index (χ1v) is 9.07. The first-order chi connectivity index (χ1) is 13.0. The zero-order chi connectivity index (χ0) is 19.0. The summed E-state index contributed by atoms with van der Waals surface area (Å²) in [4.78, 5) is 28.8. The van der Waals surface area contributed by atoms with Gasteiger partial charge in [0.25, 0.3) is 0 Å². The van der Waals surface area contributed by atoms with Crippen molar-refractivity contribution in [2.75, 3.05) is 13.1 Å². The van der Waals surface area contributed by atoms with E-state index in [0.717, 1.165) is 37.1 Å². The van der Waals surface area contributed by atoms with Gasteiger partial charge in [0.05, 0.1) is 17.0 Å². The Labute approximate surface area is 157 Å². The summed E-state index contributed by atoms with van der Waals surface area (Å²) in [6, 6.07) is 13.2. The maximum absolute atomic E-state index is 11.5. The van der Waals surface area contributed by atoms with E-state index in [4.69, 9.17) is 0 Å². The van der Waals surface area contributed by atoms with E-state index in [0.29, 0.717) is 11.4 Å². The van der Waals surface area contributed by atoms with Crippen molar-refractivity contribution in [3.63, 3.8) is 0 Å². The number of benzene rings is 2. The molecule has 6 heteroatoms. The number of hydrogen-bond donors (Lipinski definition) is 0. The maximum atomic E-state index is 11.5. The van der Waals surface area contributed by atoms with E-state index < -0.39 is 5.97 Å². The minimum Gasteiger partial charge on any atom is -0.545 e. The van der Waals surface area contributed by atoms with Crippen LogP contribution in [0.3, 0.4) is 0 Å². The first-order valence-electron chi connectivity index (χ1n) is 9.07. The molecule has 1 aromatic heterocycles. The summed E-state index contributed by atoms with van der Waals surface area (Å²) >= 11 is 0. The van der Waals surface area contributed by atoms with Crippen molar-refractivity contribution in [2.24, 2.45) is 0 Å². The van der Waals surface area contributed by atoms with Crippen LogP contribution in [0.4, 0.5) is 0 Å². The molecule has 4 rings (SSSR count). The smallest absolute Gasteiger partial charge is 0.219 e. The lowest BCUT2D eigenvalue weighted by atomic mass is 9.89. The van der Waals surface area contributed by atoms with Gasteiger partial charge in [0, 0.05) is 25.7 Å². The van der Waals surface area contributed by atoms with Crippen molar-refractivity contribution in [2.45, 2.75) is 25.7 Å². The van der Waals surface area contributed by atoms with Crippen molar-refractivity contribution < 1.29 is 14.7 Å². The molecule has 1 amide bonds. The number of imidazole rings is 1. The van der Waals surface area contributed by atoms with Crippen LogP contribution in [0.2, 0.25) is 0 Å². The summed E-state index contributed by atoms with van der Waals surface area (Å²) in [6.45, 7) is 3.21. The van der Waals surface area contributed by atoms with Crippen LogP contribution in [0.15, 0.2) is 48.8 Å². The Bertz CT molecular complexity index is 1020. The van der Waals surface area contributed by atoms with Crippen LogP contribution in [-0.2, 0) is 4.79 Å². The van der Waals surface area contributed by atoms with Gasteiger partial charge in [-0.3, -0.25) is 9.36 Å². The fourth-order valence-electron chi connectivity index (χ4n) is 3.80. The number of hydrogen-bond acceptors (Lipinski definition) is 4. The molecule has 1 fully saturated rings. The second kappa shape index (κ2) is 6.87. The summed E-state index contributed by atoms with van der Waals surface area (Å²) in [5.74, 6) is -0.631. The highest BCUT2D eigenvalue weighted by molar-refractivity contribution is 5.91. The molecule has 1 saturated heterocycles. The van der Waals surface area contributed by atoms with Gasteiger partial charge in [-0.2, -0.15) is 0 Å². The van der Waals surface area contributed by atoms with Gasteiger partial charge in [-0.25, -0.2) is 4.98 Å². The fourth-order valence-corrected chi connectivity index (χ4v) is 3.80. The zero-order valence-electron chi connectivity index (χ0n) is 15.1. The number of aromatic nitrogens is 2. The molecule has 0 aliphatic carbocycles. The topological polar surface area (TPSA) is 78.3 Å². The molecule has 0 N–H and O–H groups in total. The normalized spacial score (nSPS) is 15.2. The lowest BCUT2D eigenvalue weighted by Gasteiger charge is -2.31. The lowest BCUT2D eigenvalue weighted by Crippen LogP contribution is -2.36. The van der Waals surface area contributed by atoms with Crippen molar-refractivity contribution >= 4 is 22.9 Å². The van der Waals surface area contributed by atoms with E-state index in [-0.39, 0.29) is 11.5 Å². The molecule has 3 aromatic rings. The number of amides is 1. The van der Waals surface area contributed by atoms with Crippen molar-refractivity contribution in [1.29, 1.82) is 0 Å². The molecule has 2 heterocycles. The van der Waals surface area contributed by atoms with E-state index in [1.54, 1.807) is 19.3 Å². The molecule has 0 bridgehead atoms. The van der Waals surface area contributed by atoms with Gasteiger partial charge in [0.15, 0.2) is 0 Å². The number of carboxylic acids is 1. The number of piperidine rings is 1. The third-order valence-corrected chi connectivity index (χ3v) is 5.34. The van der Waals surface area contributed by atoms with Crippen LogP contribution in [0, 0.1) is 0 Å². The number of aromatic carboxylic acids is 1. The summed E-state index contributed by atoms with van der Waals surface area (Å²) in [5, 5.41) is 11.0. The average Bonchev–Trinajstić information content (AvgIpc) is 3.11. The molecule has 0 unspecified atom stereocenters. The predicted molar refractivity (Wildman–Crippen MR) is 99.6 cm³/mol. The minimum absolute atomic E-state index is 0.124. The van der Waals surface area contributed by atoms with Crippen LogP contribution < -0.4 is 5.11 Å². The minimum atomic E-state index is -1.20. The standard InChI is InChI=1S/C21H21N3O3/c1-14(25)23-9-7-15(8-10-23)16-3-2-4-18(11-16)24-13-22-19-12-17(21(26)27)5-6-20(19)24/h2-6,11-13,15H,7-10H2,1H3,(H,26,27)/p-1. The van der Waals surface area contributed by atoms with Gasteiger partial charge in [-0.05, 0) is 54.2 Å². The second-order valence-corrected chi connectivity index (χ2v) is 6.98. The van der Waals surface area contributed by atoms with Crippen molar-refractivity contribution in [1.82, 2.24) is 14.5 Å². The van der Waals surface area contributed by atoms with Crippen molar-refractivity contribution in [3.8, 4) is 5.69 Å². The third kappa shape index (κ3) is 3.30. The number of likely N-dealkylation sites (tertiary alicyclic amines) is 1. The molecule has 0 atom stereocenters. The van der Waals surface area contributed by atoms with Crippen LogP contribution in [0.5, 0.6) is 0 Å². The zero-order valence-corrected chi connectivity index (χ0v) is 15.1. The SMILES string of the molecule is CC(=O)N1CCC(c2cccc(-n3cnc4cc(C(=O)[O-])ccc43)c2)CC1. The summed E-state index contributed by atoms with van der Waals surface area (Å²) in [5.41, 5.74) is 3.84. The number of carbonyl (C=O) groups is 2. The quantitative estimate of drug-likeness (QED) is 0.715. The highest BCUT2D eigenvalue weighted by atomic mass is 16.4. The predicted octanol–water partition coefficient (Wildman–Crippen LogP) is 2.11. The van der Waals surface area contributed by atoms with E-state index in [2.05, 4.69) is 17.1 Å². The molecular weight excluding hydrogens is 342 g/mol. The second-order valence-electron chi connectivity index (χ2n) is 6.98. The molecule has 1 aliphatic rings. The Morgan fingerprint density at radius 2 is 1.89 bits per heavy atom. The first kappa shape index (κ1) is 17.3. The Hall–Kier alpha value is -3.15. The van der Waals surface area contributed by atoms with E-state index in [1.807, 2.05) is 21.6 Å². The largest absolute Gasteiger partial charge is 0.545 e. The number of rotatable bonds is 3.